The Hall–Kier alpha value is -2.79. The van der Waals surface area contributed by atoms with Crippen LogP contribution in [0.3, 0.4) is 0 Å². The molecule has 5 heteroatoms. The van der Waals surface area contributed by atoms with Crippen LogP contribution in [0.15, 0.2) is 60.0 Å². The van der Waals surface area contributed by atoms with Gasteiger partial charge in [0.2, 0.25) is 5.78 Å². The Morgan fingerprint density at radius 3 is 2.21 bits per heavy atom. The van der Waals surface area contributed by atoms with E-state index in [1.807, 2.05) is 24.3 Å². The van der Waals surface area contributed by atoms with Crippen molar-refractivity contribution in [2.24, 2.45) is 0 Å². The number of benzene rings is 2. The minimum atomic E-state index is -2.73. The molecule has 1 atom stereocenters. The van der Waals surface area contributed by atoms with Crippen molar-refractivity contribution in [2.75, 3.05) is 5.32 Å². The van der Waals surface area contributed by atoms with Crippen LogP contribution < -0.4 is 5.32 Å². The van der Waals surface area contributed by atoms with E-state index in [2.05, 4.69) is 26.1 Å². The number of Topliss-reactive ketones (excluding diaryl/α,β-unsaturated/α-hetero) is 1. The van der Waals surface area contributed by atoms with E-state index in [1.54, 1.807) is 23.6 Å². The van der Waals surface area contributed by atoms with Gasteiger partial charge in [0.15, 0.2) is 0 Å². The maximum atomic E-state index is 15.8. The van der Waals surface area contributed by atoms with Crippen LogP contribution in [0.1, 0.15) is 42.3 Å². The average Bonchev–Trinajstić information content (AvgIpc) is 3.10. The molecule has 1 N–H and O–H groups in total. The summed E-state index contributed by atoms with van der Waals surface area (Å²) in [4.78, 5) is 25.7. The Bertz CT molecular complexity index is 1060. The van der Waals surface area contributed by atoms with Gasteiger partial charge in [0.05, 0.1) is 5.56 Å². The van der Waals surface area contributed by atoms with Crippen molar-refractivity contribution in [3.8, 4) is 11.1 Å². The quantitative estimate of drug-likeness (QED) is 0.567. The van der Waals surface area contributed by atoms with Crippen molar-refractivity contribution in [3.05, 3.63) is 76.7 Å². The maximum absolute atomic E-state index is 15.8. The molecule has 1 aromatic heterocycles. The average molecular weight is 393 g/mol. The molecule has 0 bridgehead atoms. The molecular formula is C23H20FNO2S. The topological polar surface area (TPSA) is 46.2 Å². The minimum absolute atomic E-state index is 0.0117. The van der Waals surface area contributed by atoms with E-state index < -0.39 is 17.4 Å². The zero-order valence-electron chi connectivity index (χ0n) is 15.9. The van der Waals surface area contributed by atoms with Gasteiger partial charge in [-0.05, 0) is 16.5 Å². The molecule has 1 unspecified atom stereocenters. The van der Waals surface area contributed by atoms with Gasteiger partial charge >= 0.3 is 0 Å². The highest BCUT2D eigenvalue weighted by Gasteiger charge is 2.53. The number of rotatable bonds is 2. The van der Waals surface area contributed by atoms with E-state index in [1.165, 1.54) is 29.0 Å². The van der Waals surface area contributed by atoms with Crippen LogP contribution in [0.5, 0.6) is 0 Å². The highest BCUT2D eigenvalue weighted by molar-refractivity contribution is 7.15. The molecule has 1 amide bonds. The number of thiophene rings is 1. The van der Waals surface area contributed by atoms with Crippen LogP contribution >= 0.6 is 11.3 Å². The number of carbonyl (C=O) groups excluding carboxylic acids is 2. The molecule has 142 valence electrons. The van der Waals surface area contributed by atoms with Gasteiger partial charge in [-0.1, -0.05) is 75.4 Å². The first-order valence-electron chi connectivity index (χ1n) is 9.06. The molecule has 1 aliphatic heterocycles. The van der Waals surface area contributed by atoms with Crippen molar-refractivity contribution in [1.82, 2.24) is 0 Å². The molecule has 2 heterocycles. The van der Waals surface area contributed by atoms with Crippen LogP contribution in [-0.4, -0.2) is 11.7 Å². The van der Waals surface area contributed by atoms with Gasteiger partial charge < -0.3 is 5.32 Å². The lowest BCUT2D eigenvalue weighted by Crippen LogP contribution is -2.47. The number of carbonyl (C=O) groups is 2. The van der Waals surface area contributed by atoms with Crippen LogP contribution in [0.2, 0.25) is 0 Å². The van der Waals surface area contributed by atoms with E-state index in [0.717, 1.165) is 5.56 Å². The van der Waals surface area contributed by atoms with Crippen LogP contribution in [-0.2, 0) is 15.9 Å². The van der Waals surface area contributed by atoms with E-state index >= 15 is 4.39 Å². The van der Waals surface area contributed by atoms with Gasteiger partial charge in [-0.3, -0.25) is 9.59 Å². The van der Waals surface area contributed by atoms with Crippen molar-refractivity contribution in [3.63, 3.8) is 0 Å². The highest BCUT2D eigenvalue weighted by atomic mass is 32.1. The summed E-state index contributed by atoms with van der Waals surface area (Å²) in [6, 6.07) is 15.8. The number of hydrogen-bond acceptors (Lipinski definition) is 3. The van der Waals surface area contributed by atoms with E-state index in [0.29, 0.717) is 10.6 Å². The van der Waals surface area contributed by atoms with Gasteiger partial charge in [0, 0.05) is 16.5 Å². The summed E-state index contributed by atoms with van der Waals surface area (Å²) in [5.41, 5.74) is 0.202. The molecule has 28 heavy (non-hydrogen) atoms. The Kier molecular flexibility index (Phi) is 4.23. The van der Waals surface area contributed by atoms with Crippen molar-refractivity contribution in [2.45, 2.75) is 31.9 Å². The van der Waals surface area contributed by atoms with Crippen molar-refractivity contribution < 1.29 is 14.0 Å². The molecule has 2 aromatic carbocycles. The molecule has 0 saturated carbocycles. The summed E-state index contributed by atoms with van der Waals surface area (Å²) in [6.07, 6.45) is 0. The van der Waals surface area contributed by atoms with Crippen LogP contribution in [0.4, 0.5) is 9.39 Å². The molecule has 0 spiro atoms. The van der Waals surface area contributed by atoms with E-state index in [9.17, 15) is 9.59 Å². The second-order valence-corrected chi connectivity index (χ2v) is 8.87. The number of hydrogen-bond donors (Lipinski definition) is 1. The largest absolute Gasteiger partial charge is 0.314 e. The van der Waals surface area contributed by atoms with E-state index in [-0.39, 0.29) is 16.5 Å². The lowest BCUT2D eigenvalue weighted by atomic mass is 9.82. The third kappa shape index (κ3) is 2.78. The molecule has 0 aliphatic carbocycles. The molecule has 3 aromatic rings. The fourth-order valence-corrected chi connectivity index (χ4v) is 4.39. The molecule has 3 nitrogen and oxygen atoms in total. The fraction of sp³-hybridized carbons (Fsp3) is 0.217. The zero-order valence-corrected chi connectivity index (χ0v) is 16.7. The summed E-state index contributed by atoms with van der Waals surface area (Å²) in [5, 5.41) is 4.78. The Balaban J connectivity index is 1.81. The molecular weight excluding hydrogens is 373 g/mol. The first-order chi connectivity index (χ1) is 13.2. The summed E-state index contributed by atoms with van der Waals surface area (Å²) in [7, 11) is 0. The number of ketones is 1. The normalized spacial score (nSPS) is 19.3. The molecule has 0 fully saturated rings. The molecule has 1 aliphatic rings. The third-order valence-electron chi connectivity index (χ3n) is 5.10. The number of nitrogens with one attached hydrogen (secondary N) is 1. The Labute approximate surface area is 167 Å². The lowest BCUT2D eigenvalue weighted by molar-refractivity contribution is -0.125. The molecule has 0 radical (unpaired) electrons. The number of fused-ring (bicyclic) bond motifs is 1. The minimum Gasteiger partial charge on any atom is -0.314 e. The lowest BCUT2D eigenvalue weighted by Gasteiger charge is -2.28. The molecule has 4 rings (SSSR count). The SMILES string of the molecule is CC(C)(C)c1ccc(-c2csc3c2C(=O)C(F)(c2ccccc2)C(=O)N3)cc1. The summed E-state index contributed by atoms with van der Waals surface area (Å²) in [6.45, 7) is 6.39. The Morgan fingerprint density at radius 1 is 0.964 bits per heavy atom. The summed E-state index contributed by atoms with van der Waals surface area (Å²) >= 11 is 1.24. The summed E-state index contributed by atoms with van der Waals surface area (Å²) in [5.74, 6) is -1.75. The van der Waals surface area contributed by atoms with E-state index in [4.69, 9.17) is 0 Å². The van der Waals surface area contributed by atoms with Gasteiger partial charge in [-0.2, -0.15) is 0 Å². The predicted molar refractivity (Wildman–Crippen MR) is 111 cm³/mol. The van der Waals surface area contributed by atoms with Gasteiger partial charge in [0.25, 0.3) is 11.6 Å². The monoisotopic (exact) mass is 393 g/mol. The smallest absolute Gasteiger partial charge is 0.275 e. The van der Waals surface area contributed by atoms with Crippen LogP contribution in [0, 0.1) is 0 Å². The Morgan fingerprint density at radius 2 is 1.61 bits per heavy atom. The van der Waals surface area contributed by atoms with Gasteiger partial charge in [-0.25, -0.2) is 4.39 Å². The molecule has 0 saturated heterocycles. The highest BCUT2D eigenvalue weighted by Crippen LogP contribution is 2.45. The standard InChI is InChI=1S/C23H20FNO2S/c1-22(2,3)15-11-9-14(10-12-15)17-13-28-20-18(17)19(26)23(24,21(27)25-20)16-7-5-4-6-8-16/h4-13H,1-3H3,(H,25,27). The van der Waals surface area contributed by atoms with Crippen molar-refractivity contribution in [1.29, 1.82) is 0 Å². The first kappa shape index (κ1) is 18.6. The third-order valence-corrected chi connectivity index (χ3v) is 6.00. The fourth-order valence-electron chi connectivity index (χ4n) is 3.43. The predicted octanol–water partition coefficient (Wildman–Crippen LogP) is 5.71. The summed E-state index contributed by atoms with van der Waals surface area (Å²) < 4.78 is 15.8. The number of alkyl halides is 1. The zero-order chi connectivity index (χ0) is 20.1. The van der Waals surface area contributed by atoms with Gasteiger partial charge in [-0.15, -0.1) is 11.3 Å². The number of amides is 1. The van der Waals surface area contributed by atoms with Crippen LogP contribution in [0.25, 0.3) is 11.1 Å². The van der Waals surface area contributed by atoms with Gasteiger partial charge in [0.1, 0.15) is 5.00 Å². The van der Waals surface area contributed by atoms with Crippen molar-refractivity contribution >= 4 is 28.0 Å². The number of anilines is 1. The second kappa shape index (κ2) is 6.38. The second-order valence-electron chi connectivity index (χ2n) is 7.99. The number of halogens is 1. The maximum Gasteiger partial charge on any atom is 0.275 e. The first-order valence-corrected chi connectivity index (χ1v) is 9.94.